The Kier molecular flexibility index (Phi) is 8.45. The molecule has 0 spiro atoms. The molecular formula is C17H24O2. The van der Waals surface area contributed by atoms with Crippen LogP contribution in [-0.4, -0.2) is 12.6 Å². The zero-order chi connectivity index (χ0) is 13.8. The zero-order valence-corrected chi connectivity index (χ0v) is 11.8. The molecule has 0 aromatic heterocycles. The Balaban J connectivity index is 2.06. The normalized spacial score (nSPS) is 10.8. The second kappa shape index (κ2) is 10.4. The van der Waals surface area contributed by atoms with Crippen LogP contribution >= 0.6 is 0 Å². The van der Waals surface area contributed by atoms with E-state index in [4.69, 9.17) is 4.74 Å². The van der Waals surface area contributed by atoms with E-state index in [1.807, 2.05) is 36.4 Å². The molecule has 0 radical (unpaired) electrons. The average Bonchev–Trinajstić information content (AvgIpc) is 2.43. The first kappa shape index (κ1) is 15.5. The fourth-order valence-electron chi connectivity index (χ4n) is 1.83. The second-order valence-corrected chi connectivity index (χ2v) is 4.67. The molecule has 0 aliphatic heterocycles. The SMILES string of the molecule is CCCCCCC=CCOC(=O)Cc1ccccc1. The summed E-state index contributed by atoms with van der Waals surface area (Å²) in [5.74, 6) is -0.165. The monoisotopic (exact) mass is 260 g/mol. The highest BCUT2D eigenvalue weighted by Gasteiger charge is 2.02. The highest BCUT2D eigenvalue weighted by Crippen LogP contribution is 2.03. The van der Waals surface area contributed by atoms with Gasteiger partial charge in [0.2, 0.25) is 0 Å². The summed E-state index contributed by atoms with van der Waals surface area (Å²) < 4.78 is 5.15. The van der Waals surface area contributed by atoms with Gasteiger partial charge in [-0.25, -0.2) is 0 Å². The van der Waals surface area contributed by atoms with Crippen LogP contribution in [0.3, 0.4) is 0 Å². The van der Waals surface area contributed by atoms with Crippen LogP contribution in [0.25, 0.3) is 0 Å². The summed E-state index contributed by atoms with van der Waals surface area (Å²) in [5.41, 5.74) is 0.996. The maximum Gasteiger partial charge on any atom is 0.310 e. The van der Waals surface area contributed by atoms with Crippen LogP contribution < -0.4 is 0 Å². The molecule has 2 heteroatoms. The van der Waals surface area contributed by atoms with Gasteiger partial charge in [-0.15, -0.1) is 0 Å². The zero-order valence-electron chi connectivity index (χ0n) is 11.8. The number of esters is 1. The standard InChI is InChI=1S/C17H24O2/c1-2-3-4-5-6-7-11-14-19-17(18)15-16-12-9-8-10-13-16/h7-13H,2-6,14-15H2,1H3. The number of hydrogen-bond acceptors (Lipinski definition) is 2. The molecule has 0 fully saturated rings. The number of carbonyl (C=O) groups is 1. The molecule has 0 unspecified atom stereocenters. The van der Waals surface area contributed by atoms with Crippen molar-refractivity contribution in [2.24, 2.45) is 0 Å². The summed E-state index contributed by atoms with van der Waals surface area (Å²) in [6, 6.07) is 9.67. The van der Waals surface area contributed by atoms with Gasteiger partial charge in [-0.2, -0.15) is 0 Å². The summed E-state index contributed by atoms with van der Waals surface area (Å²) in [4.78, 5) is 11.5. The molecule has 0 amide bonds. The van der Waals surface area contributed by atoms with Crippen molar-refractivity contribution in [3.63, 3.8) is 0 Å². The van der Waals surface area contributed by atoms with E-state index in [9.17, 15) is 4.79 Å². The number of benzene rings is 1. The van der Waals surface area contributed by atoms with E-state index in [0.717, 1.165) is 12.0 Å². The Hall–Kier alpha value is -1.57. The third-order valence-corrected chi connectivity index (χ3v) is 2.92. The molecule has 19 heavy (non-hydrogen) atoms. The maximum atomic E-state index is 11.5. The Morgan fingerprint density at radius 1 is 1.11 bits per heavy atom. The van der Waals surface area contributed by atoms with Gasteiger partial charge in [0.1, 0.15) is 6.61 Å². The smallest absolute Gasteiger partial charge is 0.310 e. The Morgan fingerprint density at radius 3 is 2.63 bits per heavy atom. The summed E-state index contributed by atoms with van der Waals surface area (Å²) in [6.45, 7) is 2.60. The summed E-state index contributed by atoms with van der Waals surface area (Å²) in [6.07, 6.45) is 10.6. The van der Waals surface area contributed by atoms with Crippen LogP contribution in [0.15, 0.2) is 42.5 Å². The lowest BCUT2D eigenvalue weighted by Crippen LogP contribution is -2.07. The average molecular weight is 260 g/mol. The summed E-state index contributed by atoms with van der Waals surface area (Å²) >= 11 is 0. The molecule has 0 bridgehead atoms. The molecule has 1 aromatic rings. The van der Waals surface area contributed by atoms with Crippen molar-refractivity contribution in [1.82, 2.24) is 0 Å². The first-order chi connectivity index (χ1) is 9.33. The highest BCUT2D eigenvalue weighted by atomic mass is 16.5. The number of unbranched alkanes of at least 4 members (excludes halogenated alkanes) is 4. The molecule has 1 aromatic carbocycles. The third-order valence-electron chi connectivity index (χ3n) is 2.92. The van der Waals surface area contributed by atoms with Crippen molar-refractivity contribution in [1.29, 1.82) is 0 Å². The van der Waals surface area contributed by atoms with Gasteiger partial charge in [0.15, 0.2) is 0 Å². The van der Waals surface area contributed by atoms with Crippen LogP contribution in [0, 0.1) is 0 Å². The fraction of sp³-hybridized carbons (Fsp3) is 0.471. The van der Waals surface area contributed by atoms with Gasteiger partial charge < -0.3 is 4.74 Å². The lowest BCUT2D eigenvalue weighted by atomic mass is 10.1. The van der Waals surface area contributed by atoms with Crippen molar-refractivity contribution in [2.45, 2.75) is 45.4 Å². The molecule has 0 aliphatic carbocycles. The van der Waals surface area contributed by atoms with Crippen LogP contribution in [0.4, 0.5) is 0 Å². The van der Waals surface area contributed by atoms with E-state index >= 15 is 0 Å². The first-order valence-corrected chi connectivity index (χ1v) is 7.17. The Labute approximate surface area is 116 Å². The van der Waals surface area contributed by atoms with Crippen LogP contribution in [0.2, 0.25) is 0 Å². The summed E-state index contributed by atoms with van der Waals surface area (Å²) in [7, 11) is 0. The van der Waals surface area contributed by atoms with E-state index in [0.29, 0.717) is 13.0 Å². The molecule has 2 nitrogen and oxygen atoms in total. The van der Waals surface area contributed by atoms with E-state index in [-0.39, 0.29) is 5.97 Å². The largest absolute Gasteiger partial charge is 0.461 e. The molecule has 0 N–H and O–H groups in total. The molecule has 1 rings (SSSR count). The number of ether oxygens (including phenoxy) is 1. The van der Waals surface area contributed by atoms with Crippen molar-refractivity contribution < 1.29 is 9.53 Å². The van der Waals surface area contributed by atoms with Crippen LogP contribution in [0.5, 0.6) is 0 Å². The fourth-order valence-corrected chi connectivity index (χ4v) is 1.83. The van der Waals surface area contributed by atoms with Gasteiger partial charge in [0.25, 0.3) is 0 Å². The van der Waals surface area contributed by atoms with Crippen molar-refractivity contribution >= 4 is 5.97 Å². The van der Waals surface area contributed by atoms with Gasteiger partial charge in [-0.3, -0.25) is 4.79 Å². The van der Waals surface area contributed by atoms with E-state index in [1.54, 1.807) is 0 Å². The molecule has 104 valence electrons. The van der Waals surface area contributed by atoms with E-state index in [2.05, 4.69) is 13.0 Å². The van der Waals surface area contributed by atoms with Gasteiger partial charge in [-0.1, -0.05) is 68.7 Å². The van der Waals surface area contributed by atoms with Gasteiger partial charge >= 0.3 is 5.97 Å². The lowest BCUT2D eigenvalue weighted by Gasteiger charge is -2.01. The lowest BCUT2D eigenvalue weighted by molar-refractivity contribution is -0.141. The van der Waals surface area contributed by atoms with Crippen LogP contribution in [0.1, 0.15) is 44.6 Å². The second-order valence-electron chi connectivity index (χ2n) is 4.67. The minimum Gasteiger partial charge on any atom is -0.461 e. The number of hydrogen-bond donors (Lipinski definition) is 0. The quantitative estimate of drug-likeness (QED) is 0.376. The minimum absolute atomic E-state index is 0.165. The number of rotatable bonds is 9. The van der Waals surface area contributed by atoms with E-state index < -0.39 is 0 Å². The van der Waals surface area contributed by atoms with Crippen molar-refractivity contribution in [2.75, 3.05) is 6.61 Å². The van der Waals surface area contributed by atoms with Crippen molar-refractivity contribution in [3.05, 3.63) is 48.0 Å². The van der Waals surface area contributed by atoms with Crippen molar-refractivity contribution in [3.8, 4) is 0 Å². The van der Waals surface area contributed by atoms with Gasteiger partial charge in [-0.05, 0) is 18.4 Å². The highest BCUT2D eigenvalue weighted by molar-refractivity contribution is 5.72. The predicted octanol–water partition coefficient (Wildman–Crippen LogP) is 4.30. The minimum atomic E-state index is -0.165. The molecular weight excluding hydrogens is 236 g/mol. The number of carbonyl (C=O) groups excluding carboxylic acids is 1. The molecule has 0 heterocycles. The van der Waals surface area contributed by atoms with E-state index in [1.165, 1.54) is 25.7 Å². The topological polar surface area (TPSA) is 26.3 Å². The number of allylic oxidation sites excluding steroid dienone is 1. The third kappa shape index (κ3) is 8.20. The molecule has 0 aliphatic rings. The van der Waals surface area contributed by atoms with Gasteiger partial charge in [0, 0.05) is 0 Å². The summed E-state index contributed by atoms with van der Waals surface area (Å²) in [5, 5.41) is 0. The van der Waals surface area contributed by atoms with Crippen LogP contribution in [-0.2, 0) is 16.0 Å². The molecule has 0 atom stereocenters. The predicted molar refractivity (Wildman–Crippen MR) is 79.0 cm³/mol. The van der Waals surface area contributed by atoms with Gasteiger partial charge in [0.05, 0.1) is 6.42 Å². The Bertz CT molecular complexity index is 368. The maximum absolute atomic E-state index is 11.5. The Morgan fingerprint density at radius 2 is 1.89 bits per heavy atom. The first-order valence-electron chi connectivity index (χ1n) is 7.17. The molecule has 0 saturated carbocycles. The molecule has 0 saturated heterocycles.